The van der Waals surface area contributed by atoms with Gasteiger partial charge >= 0.3 is 5.97 Å². The Morgan fingerprint density at radius 3 is 2.33 bits per heavy atom. The molecule has 0 aliphatic rings. The van der Waals surface area contributed by atoms with Crippen LogP contribution in [0.3, 0.4) is 0 Å². The average Bonchev–Trinajstić information content (AvgIpc) is 1.84. The number of hydrogen-bond acceptors (Lipinski definition) is 3. The van der Waals surface area contributed by atoms with Gasteiger partial charge < -0.3 is 10.8 Å². The Morgan fingerprint density at radius 1 is 1.78 bits per heavy atom. The zero-order valence-electron chi connectivity index (χ0n) is 5.09. The van der Waals surface area contributed by atoms with Crippen molar-refractivity contribution in [3.05, 3.63) is 11.3 Å². The van der Waals surface area contributed by atoms with E-state index in [0.29, 0.717) is 11.3 Å². The molecule has 52 valence electrons. The molecule has 0 unspecified atom stereocenters. The summed E-state index contributed by atoms with van der Waals surface area (Å²) in [5.41, 5.74) is 5.58. The fraction of sp³-hybridized carbons (Fsp3) is 0.400. The van der Waals surface area contributed by atoms with Crippen LogP contribution in [0.5, 0.6) is 0 Å². The summed E-state index contributed by atoms with van der Waals surface area (Å²) in [4.78, 5) is 10.1. The highest BCUT2D eigenvalue weighted by Crippen LogP contribution is 1.98. The molecule has 3 nitrogen and oxygen atoms in total. The van der Waals surface area contributed by atoms with Crippen LogP contribution in [0.15, 0.2) is 11.3 Å². The summed E-state index contributed by atoms with van der Waals surface area (Å²) in [5, 5.41) is 8.27. The Kier molecular flexibility index (Phi) is 3.16. The average molecular weight is 147 g/mol. The smallest absolute Gasteiger partial charge is 0.351 e. The summed E-state index contributed by atoms with van der Waals surface area (Å²) in [7, 11) is 0. The van der Waals surface area contributed by atoms with Gasteiger partial charge in [0, 0.05) is 5.75 Å². The lowest BCUT2D eigenvalue weighted by molar-refractivity contribution is -0.132. The van der Waals surface area contributed by atoms with E-state index < -0.39 is 5.97 Å². The first-order chi connectivity index (χ1) is 4.09. The molecule has 0 spiro atoms. The van der Waals surface area contributed by atoms with Crippen molar-refractivity contribution in [2.45, 2.75) is 6.92 Å². The van der Waals surface area contributed by atoms with Crippen LogP contribution in [0.1, 0.15) is 6.92 Å². The molecular formula is C5H9NO2S. The first-order valence-electron chi connectivity index (χ1n) is 2.39. The van der Waals surface area contributed by atoms with Crippen LogP contribution in [-0.4, -0.2) is 16.8 Å². The van der Waals surface area contributed by atoms with Crippen LogP contribution < -0.4 is 5.73 Å². The molecule has 0 aliphatic carbocycles. The second-order valence-electron chi connectivity index (χ2n) is 1.66. The molecule has 9 heavy (non-hydrogen) atoms. The number of carbonyl (C=O) groups is 1. The maximum atomic E-state index is 10.1. The van der Waals surface area contributed by atoms with Gasteiger partial charge in [0.15, 0.2) is 0 Å². The minimum absolute atomic E-state index is 0.106. The van der Waals surface area contributed by atoms with Crippen molar-refractivity contribution in [2.75, 3.05) is 5.75 Å². The molecule has 0 aromatic carbocycles. The van der Waals surface area contributed by atoms with E-state index in [0.717, 1.165) is 0 Å². The second-order valence-corrected chi connectivity index (χ2v) is 1.97. The van der Waals surface area contributed by atoms with E-state index in [4.69, 9.17) is 10.8 Å². The van der Waals surface area contributed by atoms with Crippen LogP contribution >= 0.6 is 12.6 Å². The number of thiol groups is 1. The van der Waals surface area contributed by atoms with Crippen molar-refractivity contribution in [2.24, 2.45) is 5.73 Å². The van der Waals surface area contributed by atoms with Crippen molar-refractivity contribution in [1.29, 1.82) is 0 Å². The summed E-state index contributed by atoms with van der Waals surface area (Å²) in [6, 6.07) is 0. The van der Waals surface area contributed by atoms with Gasteiger partial charge in [0.25, 0.3) is 0 Å². The molecule has 3 N–H and O–H groups in total. The lowest BCUT2D eigenvalue weighted by atomic mass is 10.3. The Bertz CT molecular complexity index is 153. The molecule has 0 fully saturated rings. The highest BCUT2D eigenvalue weighted by molar-refractivity contribution is 7.80. The van der Waals surface area contributed by atoms with Gasteiger partial charge in [-0.05, 0) is 12.5 Å². The van der Waals surface area contributed by atoms with E-state index in [1.807, 2.05) is 0 Å². The monoisotopic (exact) mass is 147 g/mol. The van der Waals surface area contributed by atoms with Gasteiger partial charge in [-0.15, -0.1) is 0 Å². The number of nitrogens with two attached hydrogens (primary N) is 1. The first kappa shape index (κ1) is 8.36. The van der Waals surface area contributed by atoms with Crippen molar-refractivity contribution < 1.29 is 9.90 Å². The minimum atomic E-state index is -1.08. The van der Waals surface area contributed by atoms with Crippen LogP contribution in [0, 0.1) is 0 Å². The first-order valence-corrected chi connectivity index (χ1v) is 3.02. The van der Waals surface area contributed by atoms with Crippen LogP contribution in [0.25, 0.3) is 0 Å². The molecular weight excluding hydrogens is 138 g/mol. The van der Waals surface area contributed by atoms with E-state index in [1.165, 1.54) is 0 Å². The maximum absolute atomic E-state index is 10.1. The molecule has 0 saturated heterocycles. The number of carboxylic acid groups (broad SMARTS) is 1. The summed E-state index contributed by atoms with van der Waals surface area (Å²) in [5.74, 6) is -0.695. The van der Waals surface area contributed by atoms with E-state index in [2.05, 4.69) is 12.6 Å². The minimum Gasteiger partial charge on any atom is -0.477 e. The molecule has 0 radical (unpaired) electrons. The Balaban J connectivity index is 4.28. The standard InChI is InChI=1S/C5H9NO2S/c1-3(2-9)4(6)5(7)8/h9H,2,6H2,1H3,(H,7,8)/b4-3-. The van der Waals surface area contributed by atoms with Gasteiger partial charge in [-0.25, -0.2) is 4.79 Å². The summed E-state index contributed by atoms with van der Waals surface area (Å²) in [6.07, 6.45) is 0. The fourth-order valence-electron chi connectivity index (χ4n) is 0.268. The maximum Gasteiger partial charge on any atom is 0.351 e. The molecule has 0 rings (SSSR count). The number of rotatable bonds is 2. The molecule has 0 heterocycles. The number of carboxylic acids is 1. The zero-order chi connectivity index (χ0) is 7.44. The Hall–Kier alpha value is -0.640. The third kappa shape index (κ3) is 2.41. The highest BCUT2D eigenvalue weighted by Gasteiger charge is 2.03. The molecule has 4 heteroatoms. The second kappa shape index (κ2) is 3.40. The van der Waals surface area contributed by atoms with Gasteiger partial charge in [-0.3, -0.25) is 0 Å². The SMILES string of the molecule is C/C(CS)=C(/N)C(=O)O. The van der Waals surface area contributed by atoms with Crippen molar-refractivity contribution in [3.8, 4) is 0 Å². The van der Waals surface area contributed by atoms with Crippen molar-refractivity contribution in [1.82, 2.24) is 0 Å². The quantitative estimate of drug-likeness (QED) is 0.387. The largest absolute Gasteiger partial charge is 0.477 e. The third-order valence-electron chi connectivity index (χ3n) is 0.927. The van der Waals surface area contributed by atoms with E-state index in [9.17, 15) is 4.79 Å². The van der Waals surface area contributed by atoms with Gasteiger partial charge in [-0.1, -0.05) is 0 Å². The van der Waals surface area contributed by atoms with Gasteiger partial charge in [0.1, 0.15) is 5.70 Å². The number of aliphatic carboxylic acids is 1. The third-order valence-corrected chi connectivity index (χ3v) is 1.40. The Morgan fingerprint density at radius 2 is 2.22 bits per heavy atom. The zero-order valence-corrected chi connectivity index (χ0v) is 5.98. The van der Waals surface area contributed by atoms with Crippen LogP contribution in [0.4, 0.5) is 0 Å². The molecule has 0 bridgehead atoms. The molecule has 0 atom stereocenters. The Labute approximate surface area is 59.0 Å². The molecule has 0 aromatic rings. The van der Waals surface area contributed by atoms with E-state index in [-0.39, 0.29) is 5.70 Å². The van der Waals surface area contributed by atoms with Crippen LogP contribution in [0.2, 0.25) is 0 Å². The molecule has 0 aliphatic heterocycles. The summed E-state index contributed by atoms with van der Waals surface area (Å²) in [6.45, 7) is 1.64. The summed E-state index contributed by atoms with van der Waals surface area (Å²) < 4.78 is 0. The number of hydrogen-bond donors (Lipinski definition) is 3. The van der Waals surface area contributed by atoms with Crippen LogP contribution in [-0.2, 0) is 4.79 Å². The molecule has 0 aromatic heterocycles. The lowest BCUT2D eigenvalue weighted by Crippen LogP contribution is -2.12. The molecule has 0 amide bonds. The normalized spacial score (nSPS) is 12.7. The predicted molar refractivity (Wildman–Crippen MR) is 38.4 cm³/mol. The van der Waals surface area contributed by atoms with Crippen molar-refractivity contribution in [3.63, 3.8) is 0 Å². The summed E-state index contributed by atoms with van der Waals surface area (Å²) >= 11 is 3.85. The molecule has 0 saturated carbocycles. The lowest BCUT2D eigenvalue weighted by Gasteiger charge is -1.96. The fourth-order valence-corrected chi connectivity index (χ4v) is 0.438. The topological polar surface area (TPSA) is 63.3 Å². The highest BCUT2D eigenvalue weighted by atomic mass is 32.1. The van der Waals surface area contributed by atoms with Gasteiger partial charge in [0.05, 0.1) is 0 Å². The predicted octanol–water partition coefficient (Wildman–Crippen LogP) is 0.234. The van der Waals surface area contributed by atoms with Gasteiger partial charge in [0.2, 0.25) is 0 Å². The van der Waals surface area contributed by atoms with Gasteiger partial charge in [-0.2, -0.15) is 12.6 Å². The van der Waals surface area contributed by atoms with E-state index >= 15 is 0 Å². The van der Waals surface area contributed by atoms with E-state index in [1.54, 1.807) is 6.92 Å². The van der Waals surface area contributed by atoms with Crippen molar-refractivity contribution >= 4 is 18.6 Å².